The van der Waals surface area contributed by atoms with E-state index in [0.29, 0.717) is 11.1 Å². The third kappa shape index (κ3) is 3.30. The predicted molar refractivity (Wildman–Crippen MR) is 66.7 cm³/mol. The molecule has 98 valence electrons. The van der Waals surface area contributed by atoms with Crippen molar-refractivity contribution in [2.45, 2.75) is 32.7 Å². The number of aliphatic carboxylic acids is 1. The largest absolute Gasteiger partial charge is 0.481 e. The topological polar surface area (TPSA) is 101 Å². The summed E-state index contributed by atoms with van der Waals surface area (Å²) in [5.74, 6) is -1.91. The van der Waals surface area contributed by atoms with Gasteiger partial charge in [-0.3, -0.25) is 4.79 Å². The van der Waals surface area contributed by atoms with Crippen LogP contribution in [0.25, 0.3) is 0 Å². The van der Waals surface area contributed by atoms with E-state index in [9.17, 15) is 9.59 Å². The van der Waals surface area contributed by atoms with E-state index in [1.165, 1.54) is 6.07 Å². The number of benzene rings is 1. The van der Waals surface area contributed by atoms with Gasteiger partial charge in [0.05, 0.1) is 5.56 Å². The Morgan fingerprint density at radius 1 is 1.28 bits per heavy atom. The highest BCUT2D eigenvalue weighted by molar-refractivity contribution is 5.90. The maximum absolute atomic E-state index is 11.1. The van der Waals surface area contributed by atoms with Crippen molar-refractivity contribution < 1.29 is 19.8 Å². The van der Waals surface area contributed by atoms with Crippen LogP contribution < -0.4 is 5.73 Å². The molecule has 5 heteroatoms. The number of aromatic carboxylic acids is 1. The molecule has 1 aromatic carbocycles. The Morgan fingerprint density at radius 2 is 1.89 bits per heavy atom. The van der Waals surface area contributed by atoms with Crippen molar-refractivity contribution in [3.63, 3.8) is 0 Å². The Bertz CT molecular complexity index is 482. The van der Waals surface area contributed by atoms with Crippen molar-refractivity contribution in [2.24, 2.45) is 5.73 Å². The van der Waals surface area contributed by atoms with Crippen molar-refractivity contribution in [1.29, 1.82) is 0 Å². The molecule has 5 nitrogen and oxygen atoms in total. The Labute approximate surface area is 105 Å². The van der Waals surface area contributed by atoms with Crippen molar-refractivity contribution in [1.82, 2.24) is 0 Å². The third-order valence-electron chi connectivity index (χ3n) is 3.02. The van der Waals surface area contributed by atoms with E-state index >= 15 is 0 Å². The van der Waals surface area contributed by atoms with Crippen molar-refractivity contribution in [2.75, 3.05) is 0 Å². The predicted octanol–water partition coefficient (Wildman–Crippen LogP) is 1.87. The highest BCUT2D eigenvalue weighted by Gasteiger charge is 2.15. The fourth-order valence-corrected chi connectivity index (χ4v) is 1.77. The molecule has 1 atom stereocenters. The number of hydrogen-bond donors (Lipinski definition) is 3. The SMILES string of the molecule is Cc1cc(C(N)CCC(=O)O)cc(C(=O)O)c1C. The molecule has 0 radical (unpaired) electrons. The van der Waals surface area contributed by atoms with E-state index in [1.54, 1.807) is 6.92 Å². The number of carbonyl (C=O) groups is 2. The summed E-state index contributed by atoms with van der Waals surface area (Å²) in [6.07, 6.45) is 0.257. The summed E-state index contributed by atoms with van der Waals surface area (Å²) in [4.78, 5) is 21.6. The average Bonchev–Trinajstić information content (AvgIpc) is 2.28. The van der Waals surface area contributed by atoms with Crippen molar-refractivity contribution in [3.8, 4) is 0 Å². The maximum atomic E-state index is 11.1. The second-order valence-electron chi connectivity index (χ2n) is 4.35. The van der Waals surface area contributed by atoms with Crippen molar-refractivity contribution in [3.05, 3.63) is 34.4 Å². The fraction of sp³-hybridized carbons (Fsp3) is 0.385. The molecule has 0 spiro atoms. The Balaban J connectivity index is 3.03. The Kier molecular flexibility index (Phi) is 4.44. The first kappa shape index (κ1) is 14.2. The summed E-state index contributed by atoms with van der Waals surface area (Å²) in [7, 11) is 0. The van der Waals surface area contributed by atoms with Gasteiger partial charge in [0.2, 0.25) is 0 Å². The number of hydrogen-bond acceptors (Lipinski definition) is 3. The first-order valence-corrected chi connectivity index (χ1v) is 5.64. The summed E-state index contributed by atoms with van der Waals surface area (Å²) < 4.78 is 0. The minimum Gasteiger partial charge on any atom is -0.481 e. The monoisotopic (exact) mass is 251 g/mol. The summed E-state index contributed by atoms with van der Waals surface area (Å²) in [6, 6.07) is 2.88. The average molecular weight is 251 g/mol. The van der Waals surface area contributed by atoms with Crippen LogP contribution in [0.5, 0.6) is 0 Å². The van der Waals surface area contributed by atoms with Gasteiger partial charge in [0.15, 0.2) is 0 Å². The van der Waals surface area contributed by atoms with Crippen LogP contribution in [0.3, 0.4) is 0 Å². The van der Waals surface area contributed by atoms with Crippen LogP contribution in [0.4, 0.5) is 0 Å². The van der Waals surface area contributed by atoms with Crippen LogP contribution >= 0.6 is 0 Å². The van der Waals surface area contributed by atoms with Crippen molar-refractivity contribution >= 4 is 11.9 Å². The van der Waals surface area contributed by atoms with E-state index in [-0.39, 0.29) is 18.4 Å². The van der Waals surface area contributed by atoms with Gasteiger partial charge in [0.1, 0.15) is 0 Å². The molecular weight excluding hydrogens is 234 g/mol. The van der Waals surface area contributed by atoms with Gasteiger partial charge in [-0.1, -0.05) is 6.07 Å². The first-order chi connectivity index (χ1) is 8.32. The van der Waals surface area contributed by atoms with Gasteiger partial charge < -0.3 is 15.9 Å². The number of nitrogens with two attached hydrogens (primary N) is 1. The van der Waals surface area contributed by atoms with Crippen LogP contribution in [0.2, 0.25) is 0 Å². The quantitative estimate of drug-likeness (QED) is 0.741. The van der Waals surface area contributed by atoms with E-state index in [0.717, 1.165) is 5.56 Å². The number of rotatable bonds is 5. The van der Waals surface area contributed by atoms with Gasteiger partial charge in [0.25, 0.3) is 0 Å². The van der Waals surface area contributed by atoms with Gasteiger partial charge in [-0.25, -0.2) is 4.79 Å². The maximum Gasteiger partial charge on any atom is 0.335 e. The van der Waals surface area contributed by atoms with Gasteiger partial charge >= 0.3 is 11.9 Å². The van der Waals surface area contributed by atoms with Crippen LogP contribution in [0.15, 0.2) is 12.1 Å². The molecule has 0 fully saturated rings. The van der Waals surface area contributed by atoms with Gasteiger partial charge in [-0.15, -0.1) is 0 Å². The molecule has 0 aliphatic carbocycles. The minimum absolute atomic E-state index is 0.0313. The molecule has 0 aliphatic rings. The minimum atomic E-state index is -0.997. The number of carboxylic acids is 2. The molecule has 1 rings (SSSR count). The van der Waals surface area contributed by atoms with Crippen LogP contribution in [-0.2, 0) is 4.79 Å². The zero-order valence-corrected chi connectivity index (χ0v) is 10.4. The fourth-order valence-electron chi connectivity index (χ4n) is 1.77. The molecule has 1 unspecified atom stereocenters. The molecule has 0 amide bonds. The first-order valence-electron chi connectivity index (χ1n) is 5.64. The summed E-state index contributed by atoms with van der Waals surface area (Å²) in [5.41, 5.74) is 8.31. The Hall–Kier alpha value is -1.88. The van der Waals surface area contributed by atoms with E-state index in [4.69, 9.17) is 15.9 Å². The third-order valence-corrected chi connectivity index (χ3v) is 3.02. The molecule has 0 aromatic heterocycles. The van der Waals surface area contributed by atoms with Crippen LogP contribution in [-0.4, -0.2) is 22.2 Å². The normalized spacial score (nSPS) is 12.2. The van der Waals surface area contributed by atoms with E-state index < -0.39 is 18.0 Å². The molecule has 0 saturated heterocycles. The molecule has 1 aromatic rings. The molecule has 0 bridgehead atoms. The summed E-state index contributed by atoms with van der Waals surface area (Å²) in [6.45, 7) is 3.56. The second kappa shape index (κ2) is 5.64. The zero-order chi connectivity index (χ0) is 13.9. The smallest absolute Gasteiger partial charge is 0.335 e. The molecule has 18 heavy (non-hydrogen) atoms. The number of aryl methyl sites for hydroxylation is 1. The van der Waals surface area contributed by atoms with Crippen LogP contribution in [0.1, 0.15) is 45.9 Å². The molecule has 0 heterocycles. The van der Waals surface area contributed by atoms with Gasteiger partial charge in [-0.2, -0.15) is 0 Å². The lowest BCUT2D eigenvalue weighted by Crippen LogP contribution is -2.14. The highest BCUT2D eigenvalue weighted by Crippen LogP contribution is 2.22. The summed E-state index contributed by atoms with van der Waals surface area (Å²) in [5, 5.41) is 17.7. The Morgan fingerprint density at radius 3 is 2.39 bits per heavy atom. The molecule has 4 N–H and O–H groups in total. The highest BCUT2D eigenvalue weighted by atomic mass is 16.4. The lowest BCUT2D eigenvalue weighted by molar-refractivity contribution is -0.137. The summed E-state index contributed by atoms with van der Waals surface area (Å²) >= 11 is 0. The lowest BCUT2D eigenvalue weighted by Gasteiger charge is -2.14. The van der Waals surface area contributed by atoms with E-state index in [1.807, 2.05) is 13.0 Å². The molecular formula is C13H17NO4. The van der Waals surface area contributed by atoms with E-state index in [2.05, 4.69) is 0 Å². The molecule has 0 aliphatic heterocycles. The second-order valence-corrected chi connectivity index (χ2v) is 4.35. The van der Waals surface area contributed by atoms with Gasteiger partial charge in [-0.05, 0) is 43.0 Å². The van der Waals surface area contributed by atoms with Crippen LogP contribution in [0, 0.1) is 13.8 Å². The standard InChI is InChI=1S/C13H17NO4/c1-7-5-9(11(14)3-4-12(15)16)6-10(8(7)2)13(17)18/h5-6,11H,3-4,14H2,1-2H3,(H,15,16)(H,17,18). The zero-order valence-electron chi connectivity index (χ0n) is 10.4. The number of carboxylic acid groups (broad SMARTS) is 2. The molecule has 0 saturated carbocycles. The van der Waals surface area contributed by atoms with Gasteiger partial charge in [0, 0.05) is 12.5 Å². The lowest BCUT2D eigenvalue weighted by atomic mass is 9.94.